The van der Waals surface area contributed by atoms with Crippen molar-refractivity contribution < 1.29 is 9.84 Å². The highest BCUT2D eigenvalue weighted by Gasteiger charge is 2.17. The van der Waals surface area contributed by atoms with Gasteiger partial charge in [-0.15, -0.1) is 0 Å². The lowest BCUT2D eigenvalue weighted by molar-refractivity contribution is 0.167. The van der Waals surface area contributed by atoms with Crippen LogP contribution in [-0.4, -0.2) is 11.7 Å². The van der Waals surface area contributed by atoms with E-state index in [4.69, 9.17) is 4.74 Å². The molecule has 1 heterocycles. The van der Waals surface area contributed by atoms with Gasteiger partial charge in [0.15, 0.2) is 0 Å². The summed E-state index contributed by atoms with van der Waals surface area (Å²) in [5, 5.41) is 10.0. The normalized spacial score (nSPS) is 18.6. The summed E-state index contributed by atoms with van der Waals surface area (Å²) in [5.41, 5.74) is 3.21. The minimum Gasteiger partial charge on any atom is -0.493 e. The van der Waals surface area contributed by atoms with Crippen LogP contribution >= 0.6 is 0 Å². The summed E-state index contributed by atoms with van der Waals surface area (Å²) < 4.78 is 5.72. The lowest BCUT2D eigenvalue weighted by Crippen LogP contribution is -1.96. The zero-order valence-corrected chi connectivity index (χ0v) is 10.2. The predicted octanol–water partition coefficient (Wildman–Crippen LogP) is 3.56. The van der Waals surface area contributed by atoms with Crippen molar-refractivity contribution in [3.05, 3.63) is 54.1 Å². The fourth-order valence-corrected chi connectivity index (χ4v) is 2.36. The maximum absolute atomic E-state index is 10.0. The quantitative estimate of drug-likeness (QED) is 0.825. The molecular weight excluding hydrogens is 224 g/mol. The smallest absolute Gasteiger partial charge is 0.125 e. The van der Waals surface area contributed by atoms with Crippen LogP contribution in [0.15, 0.2) is 48.5 Å². The molecule has 3 rings (SSSR count). The van der Waals surface area contributed by atoms with Crippen LogP contribution in [0.4, 0.5) is 0 Å². The summed E-state index contributed by atoms with van der Waals surface area (Å²) in [6.07, 6.45) is 1.28. The van der Waals surface area contributed by atoms with Crippen molar-refractivity contribution in [2.75, 3.05) is 6.61 Å². The number of hydrogen-bond acceptors (Lipinski definition) is 2. The van der Waals surface area contributed by atoms with Crippen molar-refractivity contribution in [1.82, 2.24) is 0 Å². The fraction of sp³-hybridized carbons (Fsp3) is 0.250. The Bertz CT molecular complexity index is 534. The van der Waals surface area contributed by atoms with Gasteiger partial charge in [0.1, 0.15) is 5.75 Å². The molecule has 0 spiro atoms. The third-order valence-corrected chi connectivity index (χ3v) is 3.36. The topological polar surface area (TPSA) is 29.5 Å². The number of benzene rings is 2. The highest BCUT2D eigenvalue weighted by molar-refractivity contribution is 5.66. The van der Waals surface area contributed by atoms with Crippen LogP contribution in [0.25, 0.3) is 11.1 Å². The molecular formula is C16H16O2. The van der Waals surface area contributed by atoms with Gasteiger partial charge in [-0.05, 0) is 30.0 Å². The number of aliphatic hydroxyl groups excluding tert-OH is 1. The van der Waals surface area contributed by atoms with Gasteiger partial charge in [-0.1, -0.05) is 42.5 Å². The number of ether oxygens (including phenoxy) is 1. The summed E-state index contributed by atoms with van der Waals surface area (Å²) >= 11 is 0. The first-order valence-electron chi connectivity index (χ1n) is 6.35. The molecule has 2 nitrogen and oxygen atoms in total. The SMILES string of the molecule is OC1CCCOc2cc(-c3ccccc3)ccc21. The Morgan fingerprint density at radius 1 is 1.00 bits per heavy atom. The van der Waals surface area contributed by atoms with Gasteiger partial charge in [-0.3, -0.25) is 0 Å². The first-order valence-corrected chi connectivity index (χ1v) is 6.35. The van der Waals surface area contributed by atoms with Crippen LogP contribution in [-0.2, 0) is 0 Å². The third kappa shape index (κ3) is 2.12. The molecule has 1 aliphatic rings. The van der Waals surface area contributed by atoms with Crippen molar-refractivity contribution in [3.8, 4) is 16.9 Å². The molecule has 0 amide bonds. The van der Waals surface area contributed by atoms with Crippen molar-refractivity contribution in [2.45, 2.75) is 18.9 Å². The maximum atomic E-state index is 10.0. The second-order valence-corrected chi connectivity index (χ2v) is 4.63. The van der Waals surface area contributed by atoms with Gasteiger partial charge in [-0.2, -0.15) is 0 Å². The van der Waals surface area contributed by atoms with Crippen molar-refractivity contribution in [3.63, 3.8) is 0 Å². The Morgan fingerprint density at radius 3 is 2.67 bits per heavy atom. The average Bonchev–Trinajstić information content (AvgIpc) is 2.61. The molecule has 1 aliphatic heterocycles. The van der Waals surface area contributed by atoms with E-state index in [1.54, 1.807) is 0 Å². The number of aliphatic hydroxyl groups is 1. The second kappa shape index (κ2) is 4.83. The van der Waals surface area contributed by atoms with E-state index in [0.29, 0.717) is 6.61 Å². The Kier molecular flexibility index (Phi) is 3.03. The van der Waals surface area contributed by atoms with Crippen LogP contribution in [0.2, 0.25) is 0 Å². The zero-order chi connectivity index (χ0) is 12.4. The Balaban J connectivity index is 2.03. The number of rotatable bonds is 1. The zero-order valence-electron chi connectivity index (χ0n) is 10.2. The minimum atomic E-state index is -0.396. The van der Waals surface area contributed by atoms with Gasteiger partial charge in [0, 0.05) is 5.56 Å². The highest BCUT2D eigenvalue weighted by Crippen LogP contribution is 2.34. The molecule has 1 N–H and O–H groups in total. The van der Waals surface area contributed by atoms with Crippen LogP contribution in [0, 0.1) is 0 Å². The Morgan fingerprint density at radius 2 is 1.83 bits per heavy atom. The van der Waals surface area contributed by atoms with Crippen LogP contribution in [0.5, 0.6) is 5.75 Å². The van der Waals surface area contributed by atoms with E-state index < -0.39 is 6.10 Å². The van der Waals surface area contributed by atoms with Crippen LogP contribution in [0.3, 0.4) is 0 Å². The van der Waals surface area contributed by atoms with Gasteiger partial charge >= 0.3 is 0 Å². The molecule has 0 bridgehead atoms. The Hall–Kier alpha value is -1.80. The summed E-state index contributed by atoms with van der Waals surface area (Å²) in [6.45, 7) is 0.683. The summed E-state index contributed by atoms with van der Waals surface area (Å²) in [6, 6.07) is 16.3. The van der Waals surface area contributed by atoms with E-state index in [-0.39, 0.29) is 0 Å². The van der Waals surface area contributed by atoms with Gasteiger partial charge in [-0.25, -0.2) is 0 Å². The van der Waals surface area contributed by atoms with E-state index in [1.807, 2.05) is 36.4 Å². The molecule has 0 radical (unpaired) electrons. The molecule has 0 aliphatic carbocycles. The van der Waals surface area contributed by atoms with Crippen molar-refractivity contribution >= 4 is 0 Å². The Labute approximate surface area is 107 Å². The molecule has 1 atom stereocenters. The van der Waals surface area contributed by atoms with Crippen molar-refractivity contribution in [1.29, 1.82) is 0 Å². The van der Waals surface area contributed by atoms with Crippen molar-refractivity contribution in [2.24, 2.45) is 0 Å². The molecule has 2 aromatic carbocycles. The van der Waals surface area contributed by atoms with E-state index in [9.17, 15) is 5.11 Å². The predicted molar refractivity (Wildman–Crippen MR) is 71.6 cm³/mol. The largest absolute Gasteiger partial charge is 0.493 e. The second-order valence-electron chi connectivity index (χ2n) is 4.63. The molecule has 2 aromatic rings. The molecule has 0 aromatic heterocycles. The summed E-state index contributed by atoms with van der Waals surface area (Å²) in [7, 11) is 0. The molecule has 1 unspecified atom stereocenters. The molecule has 2 heteroatoms. The van der Waals surface area contributed by atoms with E-state index >= 15 is 0 Å². The lowest BCUT2D eigenvalue weighted by Gasteiger charge is -2.12. The summed E-state index contributed by atoms with van der Waals surface area (Å²) in [5.74, 6) is 0.821. The molecule has 0 saturated carbocycles. The molecule has 92 valence electrons. The monoisotopic (exact) mass is 240 g/mol. The molecule has 0 saturated heterocycles. The first kappa shape index (κ1) is 11.3. The van der Waals surface area contributed by atoms with E-state index in [1.165, 1.54) is 5.56 Å². The maximum Gasteiger partial charge on any atom is 0.125 e. The highest BCUT2D eigenvalue weighted by atomic mass is 16.5. The van der Waals surface area contributed by atoms with E-state index in [2.05, 4.69) is 12.1 Å². The molecule has 0 fully saturated rings. The van der Waals surface area contributed by atoms with Crippen LogP contribution < -0.4 is 4.74 Å². The van der Waals surface area contributed by atoms with Crippen LogP contribution in [0.1, 0.15) is 24.5 Å². The van der Waals surface area contributed by atoms with Gasteiger partial charge in [0.2, 0.25) is 0 Å². The van der Waals surface area contributed by atoms with E-state index in [0.717, 1.165) is 29.7 Å². The lowest BCUT2D eigenvalue weighted by atomic mass is 9.99. The van der Waals surface area contributed by atoms with Gasteiger partial charge in [0.25, 0.3) is 0 Å². The third-order valence-electron chi connectivity index (χ3n) is 3.36. The van der Waals surface area contributed by atoms with Gasteiger partial charge < -0.3 is 9.84 Å². The first-order chi connectivity index (χ1) is 8.84. The summed E-state index contributed by atoms with van der Waals surface area (Å²) in [4.78, 5) is 0. The average molecular weight is 240 g/mol. The standard InChI is InChI=1S/C16H16O2/c17-15-7-4-10-18-16-11-13(8-9-14(15)16)12-5-2-1-3-6-12/h1-3,5-6,8-9,11,15,17H,4,7,10H2. The number of hydrogen-bond donors (Lipinski definition) is 1. The van der Waals surface area contributed by atoms with Gasteiger partial charge in [0.05, 0.1) is 12.7 Å². The fourth-order valence-electron chi connectivity index (χ4n) is 2.36. The molecule has 18 heavy (non-hydrogen) atoms. The number of fused-ring (bicyclic) bond motifs is 1. The minimum absolute atomic E-state index is 0.396.